The first-order chi connectivity index (χ1) is 9.72. The second-order valence-electron chi connectivity index (χ2n) is 5.57. The van der Waals surface area contributed by atoms with Crippen LogP contribution in [-0.2, 0) is 0 Å². The van der Waals surface area contributed by atoms with E-state index in [1.54, 1.807) is 13.0 Å². The summed E-state index contributed by atoms with van der Waals surface area (Å²) in [5, 5.41) is 10.5. The van der Waals surface area contributed by atoms with Crippen LogP contribution in [0.25, 0.3) is 0 Å². The molecule has 0 saturated heterocycles. The SMILES string of the molecule is Cc1cc(C)c(C)c([N+](=O)[O-])c1.Cc1ccc(C)c(C)c1. The molecule has 3 nitrogen and oxygen atoms in total. The Hall–Kier alpha value is -2.16. The first-order valence-corrected chi connectivity index (χ1v) is 6.98. The smallest absolute Gasteiger partial charge is 0.258 e. The number of nitrogens with zero attached hydrogens (tertiary/aromatic N) is 1. The molecule has 2 aromatic rings. The first kappa shape index (κ1) is 16.9. The minimum absolute atomic E-state index is 0.215. The van der Waals surface area contributed by atoms with Crippen LogP contribution in [0.1, 0.15) is 33.4 Å². The summed E-state index contributed by atoms with van der Waals surface area (Å²) in [5.41, 5.74) is 6.98. The van der Waals surface area contributed by atoms with Gasteiger partial charge in [-0.2, -0.15) is 0 Å². The van der Waals surface area contributed by atoms with Crippen LogP contribution in [0, 0.1) is 51.7 Å². The van der Waals surface area contributed by atoms with Crippen molar-refractivity contribution in [3.8, 4) is 0 Å². The summed E-state index contributed by atoms with van der Waals surface area (Å²) in [7, 11) is 0. The molecule has 0 fully saturated rings. The molecule has 0 bridgehead atoms. The maximum atomic E-state index is 10.5. The third kappa shape index (κ3) is 4.71. The zero-order valence-corrected chi connectivity index (χ0v) is 13.7. The van der Waals surface area contributed by atoms with Crippen LogP contribution in [0.15, 0.2) is 30.3 Å². The van der Waals surface area contributed by atoms with Crippen LogP contribution in [0.4, 0.5) is 5.69 Å². The van der Waals surface area contributed by atoms with Gasteiger partial charge in [-0.25, -0.2) is 0 Å². The van der Waals surface area contributed by atoms with E-state index in [2.05, 4.69) is 39.0 Å². The predicted molar refractivity (Wildman–Crippen MR) is 88.0 cm³/mol. The molecular formula is C18H23NO2. The van der Waals surface area contributed by atoms with E-state index in [0.717, 1.165) is 16.7 Å². The topological polar surface area (TPSA) is 43.1 Å². The van der Waals surface area contributed by atoms with Crippen LogP contribution in [0.5, 0.6) is 0 Å². The average molecular weight is 285 g/mol. The molecule has 2 rings (SSSR count). The van der Waals surface area contributed by atoms with Crippen molar-refractivity contribution in [2.75, 3.05) is 0 Å². The highest BCUT2D eigenvalue weighted by Gasteiger charge is 2.11. The molecule has 0 N–H and O–H groups in total. The van der Waals surface area contributed by atoms with Crippen molar-refractivity contribution in [1.82, 2.24) is 0 Å². The van der Waals surface area contributed by atoms with E-state index in [4.69, 9.17) is 0 Å². The van der Waals surface area contributed by atoms with Crippen LogP contribution in [0.3, 0.4) is 0 Å². The Labute approximate surface area is 126 Å². The van der Waals surface area contributed by atoms with Gasteiger partial charge < -0.3 is 0 Å². The molecule has 3 heteroatoms. The molecule has 0 radical (unpaired) electrons. The Morgan fingerprint density at radius 2 is 1.33 bits per heavy atom. The van der Waals surface area contributed by atoms with Gasteiger partial charge in [-0.1, -0.05) is 29.8 Å². The van der Waals surface area contributed by atoms with E-state index < -0.39 is 0 Å². The fourth-order valence-electron chi connectivity index (χ4n) is 2.10. The van der Waals surface area contributed by atoms with Crippen molar-refractivity contribution in [1.29, 1.82) is 0 Å². The highest BCUT2D eigenvalue weighted by atomic mass is 16.6. The molecule has 21 heavy (non-hydrogen) atoms. The molecule has 0 aliphatic rings. The second-order valence-corrected chi connectivity index (χ2v) is 5.57. The standard InChI is InChI=1S/C9H11NO2.C9H12/c1-6-4-7(2)8(3)9(5-6)10(11)12;1-7-4-5-8(2)9(3)6-7/h4-5H,1-3H3;4-6H,1-3H3. The first-order valence-electron chi connectivity index (χ1n) is 6.98. The molecule has 0 heterocycles. The molecule has 0 aliphatic carbocycles. The molecular weight excluding hydrogens is 262 g/mol. The van der Waals surface area contributed by atoms with E-state index in [1.807, 2.05) is 19.9 Å². The van der Waals surface area contributed by atoms with Crippen molar-refractivity contribution in [3.05, 3.63) is 73.8 Å². The van der Waals surface area contributed by atoms with E-state index >= 15 is 0 Å². The summed E-state index contributed by atoms with van der Waals surface area (Å²) in [5.74, 6) is 0. The molecule has 0 unspecified atom stereocenters. The monoisotopic (exact) mass is 285 g/mol. The summed E-state index contributed by atoms with van der Waals surface area (Å²) < 4.78 is 0. The van der Waals surface area contributed by atoms with Gasteiger partial charge in [0.05, 0.1) is 4.92 Å². The summed E-state index contributed by atoms with van der Waals surface area (Å²) in [4.78, 5) is 10.2. The van der Waals surface area contributed by atoms with Crippen molar-refractivity contribution in [2.24, 2.45) is 0 Å². The minimum Gasteiger partial charge on any atom is -0.258 e. The summed E-state index contributed by atoms with van der Waals surface area (Å²) in [6.07, 6.45) is 0. The normalized spacial score (nSPS) is 9.81. The number of nitro benzene ring substituents is 1. The van der Waals surface area contributed by atoms with Crippen molar-refractivity contribution >= 4 is 5.69 Å². The average Bonchev–Trinajstić information content (AvgIpc) is 2.39. The van der Waals surface area contributed by atoms with Crippen molar-refractivity contribution in [3.63, 3.8) is 0 Å². The third-order valence-corrected chi connectivity index (χ3v) is 3.64. The van der Waals surface area contributed by atoms with Gasteiger partial charge in [-0.15, -0.1) is 0 Å². The Morgan fingerprint density at radius 3 is 1.81 bits per heavy atom. The lowest BCUT2D eigenvalue weighted by atomic mass is 10.1. The Kier molecular flexibility index (Phi) is 5.65. The maximum absolute atomic E-state index is 10.5. The number of benzene rings is 2. The van der Waals surface area contributed by atoms with E-state index in [9.17, 15) is 10.1 Å². The fraction of sp³-hybridized carbons (Fsp3) is 0.333. The molecule has 0 amide bonds. The molecule has 0 spiro atoms. The lowest BCUT2D eigenvalue weighted by Crippen LogP contribution is -1.94. The van der Waals surface area contributed by atoms with Gasteiger partial charge in [0.1, 0.15) is 0 Å². The van der Waals surface area contributed by atoms with Crippen molar-refractivity contribution in [2.45, 2.75) is 41.5 Å². The number of hydrogen-bond acceptors (Lipinski definition) is 2. The molecule has 0 aromatic heterocycles. The molecule has 2 aromatic carbocycles. The summed E-state index contributed by atoms with van der Waals surface area (Å²) in [6.45, 7) is 11.9. The lowest BCUT2D eigenvalue weighted by Gasteiger charge is -2.02. The molecule has 112 valence electrons. The zero-order chi connectivity index (χ0) is 16.2. The van der Waals surface area contributed by atoms with Gasteiger partial charge in [0.15, 0.2) is 0 Å². The lowest BCUT2D eigenvalue weighted by molar-refractivity contribution is -0.385. The van der Waals surface area contributed by atoms with Gasteiger partial charge in [-0.3, -0.25) is 10.1 Å². The van der Waals surface area contributed by atoms with Crippen molar-refractivity contribution < 1.29 is 4.92 Å². The number of aryl methyl sites for hydroxylation is 5. The maximum Gasteiger partial charge on any atom is 0.272 e. The highest BCUT2D eigenvalue weighted by Crippen LogP contribution is 2.22. The minimum atomic E-state index is -0.338. The van der Waals surface area contributed by atoms with Gasteiger partial charge in [0, 0.05) is 11.6 Å². The number of nitro groups is 1. The molecule has 0 aliphatic heterocycles. The van der Waals surface area contributed by atoms with Gasteiger partial charge in [0.25, 0.3) is 5.69 Å². The van der Waals surface area contributed by atoms with Gasteiger partial charge >= 0.3 is 0 Å². The van der Waals surface area contributed by atoms with E-state index in [0.29, 0.717) is 0 Å². The Balaban J connectivity index is 0.000000219. The van der Waals surface area contributed by atoms with Crippen LogP contribution in [0.2, 0.25) is 0 Å². The Morgan fingerprint density at radius 1 is 0.762 bits per heavy atom. The highest BCUT2D eigenvalue weighted by molar-refractivity contribution is 5.46. The zero-order valence-electron chi connectivity index (χ0n) is 13.7. The van der Waals surface area contributed by atoms with E-state index in [1.165, 1.54) is 16.7 Å². The quantitative estimate of drug-likeness (QED) is 0.538. The van der Waals surface area contributed by atoms with Crippen LogP contribution in [-0.4, -0.2) is 4.92 Å². The number of hydrogen-bond donors (Lipinski definition) is 0. The molecule has 0 saturated carbocycles. The number of rotatable bonds is 1. The van der Waals surface area contributed by atoms with Crippen LogP contribution >= 0.6 is 0 Å². The largest absolute Gasteiger partial charge is 0.272 e. The predicted octanol–water partition coefficient (Wildman–Crippen LogP) is 5.13. The Bertz CT molecular complexity index is 661. The third-order valence-electron chi connectivity index (χ3n) is 3.64. The fourth-order valence-corrected chi connectivity index (χ4v) is 2.10. The summed E-state index contributed by atoms with van der Waals surface area (Å²) >= 11 is 0. The van der Waals surface area contributed by atoms with Crippen LogP contribution < -0.4 is 0 Å². The summed E-state index contributed by atoms with van der Waals surface area (Å²) in [6, 6.07) is 10.0. The van der Waals surface area contributed by atoms with Gasteiger partial charge in [-0.05, 0) is 63.8 Å². The second kappa shape index (κ2) is 7.02. The van der Waals surface area contributed by atoms with Gasteiger partial charge in [0.2, 0.25) is 0 Å². The van der Waals surface area contributed by atoms with E-state index in [-0.39, 0.29) is 10.6 Å². The molecule has 0 atom stereocenters.